The highest BCUT2D eigenvalue weighted by Crippen LogP contribution is 2.41. The number of aromatic nitrogens is 2. The minimum absolute atomic E-state index is 0.0355. The fraction of sp³-hybridized carbons (Fsp3) is 0.0312. The van der Waals surface area contributed by atoms with Gasteiger partial charge in [-0.3, -0.25) is 0 Å². The van der Waals surface area contributed by atoms with Crippen molar-refractivity contribution in [3.63, 3.8) is 0 Å². The molecule has 0 saturated carbocycles. The molecule has 0 atom stereocenters. The molecule has 2 aromatic heterocycles. The molecule has 0 unspecified atom stereocenters. The molecule has 3 aromatic carbocycles. The summed E-state index contributed by atoms with van der Waals surface area (Å²) < 4.78 is 120. The van der Waals surface area contributed by atoms with Crippen molar-refractivity contribution in [2.45, 2.75) is 5.75 Å². The third kappa shape index (κ3) is 10.5. The van der Waals surface area contributed by atoms with Crippen LogP contribution in [0.25, 0.3) is 10.7 Å². The van der Waals surface area contributed by atoms with Crippen LogP contribution in [0.15, 0.2) is 73.1 Å². The fourth-order valence-electron chi connectivity index (χ4n) is 4.15. The summed E-state index contributed by atoms with van der Waals surface area (Å²) in [5, 5.41) is 20.7. The zero-order chi connectivity index (χ0) is 41.0. The fourth-order valence-corrected chi connectivity index (χ4v) is 7.48. The minimum atomic E-state index is -4.21. The van der Waals surface area contributed by atoms with Gasteiger partial charge in [0.25, 0.3) is 0 Å². The summed E-state index contributed by atoms with van der Waals surface area (Å²) in [4.78, 5) is 18.4. The molecule has 0 fully saturated rings. The highest BCUT2D eigenvalue weighted by molar-refractivity contribution is 8.13. The van der Waals surface area contributed by atoms with Crippen LogP contribution in [0.3, 0.4) is 0 Å². The summed E-state index contributed by atoms with van der Waals surface area (Å²) in [7, 11) is -2.72. The standard InChI is InChI=1S/C13H7Cl2NO4S.C12H4F5NO3.C7H5Cl3O2S/c14-7-3-4-8(9(15)6-7)13-12(17)11-10(2-1-5-16-11)20-21(13,18)19;13-5-6(14)8(16)11(9(17)7(5)15)21-12(20)10-4(19)2-1-3-18-10;8-6-2-1-5(7(9)3-6)4-13(10,11)12/h1-6,17H;1-3,19H;1-3H,4H2. The quantitative estimate of drug-likeness (QED) is 0.0328. The number of hydrogen-bond acceptors (Lipinski definition) is 11. The molecule has 0 bridgehead atoms. The minimum Gasteiger partial charge on any atom is -0.505 e. The molecule has 290 valence electrons. The number of halogens is 10. The molecule has 0 spiro atoms. The van der Waals surface area contributed by atoms with E-state index in [-0.39, 0.29) is 27.8 Å². The Balaban J connectivity index is 0.000000189. The summed E-state index contributed by atoms with van der Waals surface area (Å²) >= 11 is 23.2. The van der Waals surface area contributed by atoms with Gasteiger partial charge in [-0.15, -0.1) is 0 Å². The van der Waals surface area contributed by atoms with Crippen molar-refractivity contribution in [2.24, 2.45) is 0 Å². The second-order valence-electron chi connectivity index (χ2n) is 10.3. The number of carbonyl (C=O) groups excluding carboxylic acids is 1. The van der Waals surface area contributed by atoms with E-state index in [2.05, 4.69) is 14.7 Å². The largest absolute Gasteiger partial charge is 0.505 e. The highest BCUT2D eigenvalue weighted by atomic mass is 35.7. The molecule has 0 aliphatic carbocycles. The Morgan fingerprint density at radius 3 is 1.89 bits per heavy atom. The third-order valence-corrected chi connectivity index (χ3v) is 9.95. The second-order valence-corrected chi connectivity index (χ2v) is 16.2. The number of ether oxygens (including phenoxy) is 1. The van der Waals surface area contributed by atoms with E-state index in [4.69, 9.17) is 61.3 Å². The lowest BCUT2D eigenvalue weighted by atomic mass is 10.1. The van der Waals surface area contributed by atoms with E-state index in [1.54, 1.807) is 6.07 Å². The molecular weight excluding hydrogens is 893 g/mol. The number of benzene rings is 3. The van der Waals surface area contributed by atoms with E-state index >= 15 is 0 Å². The van der Waals surface area contributed by atoms with E-state index in [0.717, 1.165) is 12.3 Å². The lowest BCUT2D eigenvalue weighted by Gasteiger charge is -2.20. The average Bonchev–Trinajstić information content (AvgIpc) is 3.10. The Labute approximate surface area is 331 Å². The van der Waals surface area contributed by atoms with E-state index in [1.807, 2.05) is 0 Å². The Morgan fingerprint density at radius 2 is 1.33 bits per heavy atom. The molecule has 0 saturated heterocycles. The van der Waals surface area contributed by atoms with Gasteiger partial charge in [-0.2, -0.15) is 17.2 Å². The number of aliphatic hydroxyl groups excluding tert-OH is 1. The monoisotopic (exact) mass is 906 g/mol. The van der Waals surface area contributed by atoms with Gasteiger partial charge in [0.15, 0.2) is 22.1 Å². The van der Waals surface area contributed by atoms with Crippen LogP contribution in [0.1, 0.15) is 27.3 Å². The first kappa shape index (κ1) is 43.3. The van der Waals surface area contributed by atoms with E-state index in [1.165, 1.54) is 54.7 Å². The van der Waals surface area contributed by atoms with Crippen molar-refractivity contribution in [1.29, 1.82) is 0 Å². The van der Waals surface area contributed by atoms with Gasteiger partial charge in [-0.1, -0.05) is 58.5 Å². The molecule has 11 nitrogen and oxygen atoms in total. The van der Waals surface area contributed by atoms with Crippen LogP contribution in [0.5, 0.6) is 17.2 Å². The van der Waals surface area contributed by atoms with Crippen molar-refractivity contribution in [1.82, 2.24) is 9.97 Å². The first-order valence-corrected chi connectivity index (χ1v) is 19.5. The molecule has 6 rings (SSSR count). The Morgan fingerprint density at radius 1 is 0.782 bits per heavy atom. The van der Waals surface area contributed by atoms with Gasteiger partial charge in [0, 0.05) is 43.7 Å². The number of aliphatic hydroxyl groups is 1. The number of pyridine rings is 2. The molecule has 0 amide bonds. The predicted octanol–water partition coefficient (Wildman–Crippen LogP) is 9.26. The Kier molecular flexibility index (Phi) is 13.8. The van der Waals surface area contributed by atoms with Crippen LogP contribution in [-0.2, 0) is 24.9 Å². The van der Waals surface area contributed by atoms with Crippen molar-refractivity contribution in [3.8, 4) is 17.2 Å². The maximum absolute atomic E-state index is 13.3. The SMILES string of the molecule is O=C(Oc1c(F)c(F)c(F)c(F)c1F)c1ncccc1O.O=S(=O)(Cl)Cc1ccc(Cl)cc1Cl.O=S1(=O)Oc2cccnc2C(O)=C1c1ccc(Cl)cc1Cl. The first-order chi connectivity index (χ1) is 25.6. The molecule has 2 N–H and O–H groups in total. The Hall–Kier alpha value is -4.43. The van der Waals surface area contributed by atoms with Gasteiger partial charge in [-0.25, -0.2) is 36.4 Å². The van der Waals surface area contributed by atoms with Crippen LogP contribution in [-0.4, -0.2) is 43.0 Å². The zero-order valence-electron chi connectivity index (χ0n) is 26.4. The summed E-state index contributed by atoms with van der Waals surface area (Å²) in [5.41, 5.74) is -0.175. The predicted molar refractivity (Wildman–Crippen MR) is 192 cm³/mol. The molecule has 5 aromatic rings. The van der Waals surface area contributed by atoms with Gasteiger partial charge in [0.1, 0.15) is 11.4 Å². The molecule has 1 aliphatic rings. The maximum atomic E-state index is 13.3. The summed E-state index contributed by atoms with van der Waals surface area (Å²) in [6.07, 6.45) is 2.46. The molecular formula is C32H16Cl5F5N2O9S2. The number of fused-ring (bicyclic) bond motifs is 1. The first-order valence-electron chi connectivity index (χ1n) is 14.1. The number of rotatable bonds is 5. The molecule has 0 radical (unpaired) electrons. The lowest BCUT2D eigenvalue weighted by Crippen LogP contribution is -2.19. The number of nitrogens with zero attached hydrogens (tertiary/aromatic N) is 2. The molecule has 23 heteroatoms. The number of hydrogen-bond donors (Lipinski definition) is 2. The van der Waals surface area contributed by atoms with Crippen molar-refractivity contribution >= 4 is 92.9 Å². The van der Waals surface area contributed by atoms with Crippen molar-refractivity contribution in [2.75, 3.05) is 0 Å². The highest BCUT2D eigenvalue weighted by Gasteiger charge is 2.36. The van der Waals surface area contributed by atoms with Crippen molar-refractivity contribution in [3.05, 3.63) is 145 Å². The summed E-state index contributed by atoms with van der Waals surface area (Å²) in [6.45, 7) is 0. The van der Waals surface area contributed by atoms with Crippen LogP contribution >= 0.6 is 57.1 Å². The zero-order valence-corrected chi connectivity index (χ0v) is 31.8. The number of esters is 1. The molecule has 3 heterocycles. The van der Waals surface area contributed by atoms with E-state index < -0.39 is 82.1 Å². The Bertz CT molecular complexity index is 2560. The van der Waals surface area contributed by atoms with Gasteiger partial charge < -0.3 is 19.1 Å². The number of aromatic hydroxyl groups is 1. The van der Waals surface area contributed by atoms with Crippen molar-refractivity contribution < 1.29 is 62.7 Å². The topological polar surface area (TPSA) is 170 Å². The summed E-state index contributed by atoms with van der Waals surface area (Å²) in [5.74, 6) is -16.4. The van der Waals surface area contributed by atoms with E-state index in [0.29, 0.717) is 20.6 Å². The van der Waals surface area contributed by atoms with Crippen LogP contribution in [0, 0.1) is 29.1 Å². The van der Waals surface area contributed by atoms with Gasteiger partial charge in [0.2, 0.25) is 43.9 Å². The molecule has 55 heavy (non-hydrogen) atoms. The van der Waals surface area contributed by atoms with Crippen LogP contribution in [0.2, 0.25) is 20.1 Å². The maximum Gasteiger partial charge on any atom is 0.366 e. The summed E-state index contributed by atoms with van der Waals surface area (Å²) in [6, 6.07) is 14.0. The van der Waals surface area contributed by atoms with Gasteiger partial charge >= 0.3 is 16.1 Å². The van der Waals surface area contributed by atoms with E-state index in [9.17, 15) is 53.8 Å². The van der Waals surface area contributed by atoms with Gasteiger partial charge in [-0.05, 0) is 54.1 Å². The lowest BCUT2D eigenvalue weighted by molar-refractivity contribution is 0.0706. The number of carbonyl (C=O) groups is 1. The van der Waals surface area contributed by atoms with Gasteiger partial charge in [0.05, 0.1) is 10.8 Å². The van der Waals surface area contributed by atoms with Crippen LogP contribution in [0.4, 0.5) is 22.0 Å². The molecule has 1 aliphatic heterocycles. The smallest absolute Gasteiger partial charge is 0.366 e. The van der Waals surface area contributed by atoms with Crippen LogP contribution < -0.4 is 8.92 Å². The second kappa shape index (κ2) is 17.6. The third-order valence-electron chi connectivity index (χ3n) is 6.52. The normalized spacial score (nSPS) is 13.0. The average molecular weight is 909 g/mol.